The molecule has 53 heavy (non-hydrogen) atoms. The van der Waals surface area contributed by atoms with Crippen LogP contribution in [0.15, 0.2) is 17.5 Å². The van der Waals surface area contributed by atoms with Crippen molar-refractivity contribution >= 4 is 47.7 Å². The summed E-state index contributed by atoms with van der Waals surface area (Å²) in [4.78, 5) is 80.8. The minimum Gasteiger partial charge on any atom is -0.481 e. The maximum absolute atomic E-state index is 10.3. The minimum absolute atomic E-state index is 0.0129. The summed E-state index contributed by atoms with van der Waals surface area (Å²) in [6.45, 7) is 1.02. The van der Waals surface area contributed by atoms with Crippen molar-refractivity contribution in [1.82, 2.24) is 9.97 Å². The molecule has 0 radical (unpaired) electrons. The Morgan fingerprint density at radius 1 is 0.623 bits per heavy atom. The van der Waals surface area contributed by atoms with Crippen LogP contribution in [0.1, 0.15) is 63.5 Å². The van der Waals surface area contributed by atoms with E-state index in [-0.39, 0.29) is 38.1 Å². The fraction of sp³-hybridized carbons (Fsp3) is 0.607. The van der Waals surface area contributed by atoms with E-state index in [2.05, 4.69) is 15.0 Å². The molecule has 25 N–H and O–H groups in total. The lowest BCUT2D eigenvalue weighted by Crippen LogP contribution is -2.32. The Labute approximate surface area is 304 Å². The lowest BCUT2D eigenvalue weighted by molar-refractivity contribution is -0.141. The van der Waals surface area contributed by atoms with E-state index in [1.807, 2.05) is 0 Å². The second kappa shape index (κ2) is 33.7. The quantitative estimate of drug-likeness (QED) is 0.0317. The fourth-order valence-corrected chi connectivity index (χ4v) is 2.82. The molecule has 0 aliphatic heterocycles. The number of nitrogens with zero attached hydrogens (tertiary/aromatic N) is 2. The van der Waals surface area contributed by atoms with Gasteiger partial charge in [-0.25, -0.2) is 4.98 Å². The Morgan fingerprint density at radius 3 is 1.38 bits per heavy atom. The van der Waals surface area contributed by atoms with E-state index < -0.39 is 71.9 Å². The smallest absolute Gasteiger partial charge is 0.320 e. The molecule has 0 aromatic carbocycles. The zero-order valence-electron chi connectivity index (χ0n) is 29.2. The third kappa shape index (κ3) is 40.8. The maximum atomic E-state index is 10.3. The average Bonchev–Trinajstić information content (AvgIpc) is 3.58. The second-order valence-electron chi connectivity index (χ2n) is 10.7. The van der Waals surface area contributed by atoms with Gasteiger partial charge in [-0.1, -0.05) is 6.42 Å². The van der Waals surface area contributed by atoms with Crippen LogP contribution >= 0.6 is 0 Å². The molecule has 0 aliphatic carbocycles. The van der Waals surface area contributed by atoms with Gasteiger partial charge in [0.15, 0.2) is 5.96 Å². The van der Waals surface area contributed by atoms with Gasteiger partial charge in [0.2, 0.25) is 5.91 Å². The average molecular weight is 769 g/mol. The highest BCUT2D eigenvalue weighted by molar-refractivity contribution is 5.77. The molecule has 1 aromatic rings. The van der Waals surface area contributed by atoms with Gasteiger partial charge in [0.25, 0.3) is 0 Å². The normalized spacial score (nSPS) is 12.6. The summed E-state index contributed by atoms with van der Waals surface area (Å²) < 4.78 is 0. The van der Waals surface area contributed by atoms with Crippen molar-refractivity contribution in [3.63, 3.8) is 0 Å². The lowest BCUT2D eigenvalue weighted by atomic mass is 10.1. The largest absolute Gasteiger partial charge is 0.481 e. The van der Waals surface area contributed by atoms with Crippen LogP contribution in [-0.4, -0.2) is 132 Å². The van der Waals surface area contributed by atoms with Gasteiger partial charge in [0.05, 0.1) is 6.33 Å². The summed E-state index contributed by atoms with van der Waals surface area (Å²) >= 11 is 0. The summed E-state index contributed by atoms with van der Waals surface area (Å²) in [5, 5.41) is 49.6. The number of nitrogens with one attached hydrogen (secondary N) is 1. The summed E-state index contributed by atoms with van der Waals surface area (Å²) in [6, 6.07) is -4.43. The van der Waals surface area contributed by atoms with Crippen molar-refractivity contribution in [2.24, 2.45) is 56.6 Å². The number of carbonyl (C=O) groups is 7. The predicted molar refractivity (Wildman–Crippen MR) is 188 cm³/mol. The number of aromatic amines is 1. The van der Waals surface area contributed by atoms with Crippen molar-refractivity contribution < 1.29 is 64.2 Å². The van der Waals surface area contributed by atoms with Gasteiger partial charge < -0.3 is 87.2 Å². The third-order valence-electron chi connectivity index (χ3n) is 5.89. The highest BCUT2D eigenvalue weighted by Gasteiger charge is 2.14. The number of aliphatic imine (C=N–C) groups is 1. The molecule has 0 spiro atoms. The SMILES string of the molecule is NC(=O)CC[C@H](N)C(=O)O.NC(N)=NCCC[C@H](N)C(=O)O.NCCCC[C@H](N)C(=O)O.N[C@@H](CCC(=O)O)C(=O)O.N[C@@H](Cc1cnc[nH]1)C(=O)O. The molecule has 0 bridgehead atoms. The number of nitrogens with two attached hydrogens (primary N) is 9. The molecule has 0 fully saturated rings. The van der Waals surface area contributed by atoms with Gasteiger partial charge in [-0.15, -0.1) is 0 Å². The molecule has 1 amide bonds. The van der Waals surface area contributed by atoms with Gasteiger partial charge in [-0.2, -0.15) is 0 Å². The van der Waals surface area contributed by atoms with Crippen molar-refractivity contribution in [3.8, 4) is 0 Å². The number of carboxylic acids is 6. The molecule has 1 heterocycles. The summed E-state index contributed by atoms with van der Waals surface area (Å²) in [5.74, 6) is -6.76. The van der Waals surface area contributed by atoms with Crippen LogP contribution in [0.25, 0.3) is 0 Å². The van der Waals surface area contributed by atoms with Crippen LogP contribution in [0.3, 0.4) is 0 Å². The van der Waals surface area contributed by atoms with Crippen molar-refractivity contribution in [3.05, 3.63) is 18.2 Å². The molecular weight excluding hydrogens is 712 g/mol. The molecule has 0 unspecified atom stereocenters. The molecule has 0 saturated heterocycles. The Kier molecular flexibility index (Phi) is 34.5. The van der Waals surface area contributed by atoms with Gasteiger partial charge in [-0.3, -0.25) is 38.6 Å². The van der Waals surface area contributed by atoms with E-state index >= 15 is 0 Å². The van der Waals surface area contributed by atoms with Crippen LogP contribution in [0.4, 0.5) is 0 Å². The highest BCUT2D eigenvalue weighted by Crippen LogP contribution is 1.98. The van der Waals surface area contributed by atoms with E-state index in [1.54, 1.807) is 6.20 Å². The molecule has 25 heteroatoms. The standard InChI is InChI=1S/C6H14N4O2.C6H9N3O2.C6H14N2O2.C5H10N2O3.C5H9NO4/c7-4(5(11)12)2-1-3-10-6(8)9;7-5(6(10)11)1-4-2-8-3-9-4;7-4-2-1-3-5(8)6(9)10;2*6-3(5(9)10)1-2-4(7)8/h4H,1-3,7H2,(H,11,12)(H4,8,9,10);2-3,5H,1,7H2,(H,8,9)(H,10,11);5H,1-4,7-8H2,(H,9,10);3H,1-2,6H2,(H2,7,8)(H,9,10);3H,1-2,6H2,(H,7,8)(H,9,10)/t4-;2*5-;2*3-/m00000/s1. The third-order valence-corrected chi connectivity index (χ3v) is 5.89. The van der Waals surface area contributed by atoms with Gasteiger partial charge in [0, 0.05) is 37.7 Å². The molecule has 0 saturated carbocycles. The minimum atomic E-state index is -1.17. The fourth-order valence-electron chi connectivity index (χ4n) is 2.82. The number of H-pyrrole nitrogens is 1. The number of imidazole rings is 1. The van der Waals surface area contributed by atoms with Crippen LogP contribution in [0.2, 0.25) is 0 Å². The summed E-state index contributed by atoms with van der Waals surface area (Å²) in [5.41, 5.74) is 46.6. The predicted octanol–water partition coefficient (Wildman–Crippen LogP) is -4.73. The number of unbranched alkanes of at least 4 members (excludes halogenated alkanes) is 1. The topological polar surface area (TPSA) is 516 Å². The molecule has 1 aromatic heterocycles. The first-order valence-corrected chi connectivity index (χ1v) is 15.6. The van der Waals surface area contributed by atoms with Crippen LogP contribution < -0.4 is 51.6 Å². The second-order valence-corrected chi connectivity index (χ2v) is 10.7. The van der Waals surface area contributed by atoms with Gasteiger partial charge in [0.1, 0.15) is 30.2 Å². The Bertz CT molecular complexity index is 1200. The summed E-state index contributed by atoms with van der Waals surface area (Å²) in [6.07, 6.45) is 6.35. The van der Waals surface area contributed by atoms with Gasteiger partial charge >= 0.3 is 35.8 Å². The van der Waals surface area contributed by atoms with E-state index in [0.717, 1.165) is 18.5 Å². The molecule has 1 rings (SSSR count). The number of primary amides is 1. The molecule has 5 atom stereocenters. The molecule has 0 aliphatic rings. The van der Waals surface area contributed by atoms with E-state index in [9.17, 15) is 33.6 Å². The van der Waals surface area contributed by atoms with Gasteiger partial charge in [-0.05, 0) is 45.1 Å². The number of carbonyl (C=O) groups excluding carboxylic acids is 1. The van der Waals surface area contributed by atoms with Crippen molar-refractivity contribution in [1.29, 1.82) is 0 Å². The van der Waals surface area contributed by atoms with E-state index in [1.165, 1.54) is 6.33 Å². The maximum Gasteiger partial charge on any atom is 0.320 e. The Morgan fingerprint density at radius 2 is 1.04 bits per heavy atom. The van der Waals surface area contributed by atoms with Crippen molar-refractivity contribution in [2.75, 3.05) is 13.1 Å². The monoisotopic (exact) mass is 768 g/mol. The number of hydrogen-bond donors (Lipinski definition) is 16. The number of rotatable bonds is 21. The lowest BCUT2D eigenvalue weighted by Gasteiger charge is -2.03. The van der Waals surface area contributed by atoms with Crippen LogP contribution in [-0.2, 0) is 40.0 Å². The first kappa shape index (κ1) is 54.3. The highest BCUT2D eigenvalue weighted by atomic mass is 16.4. The van der Waals surface area contributed by atoms with Crippen LogP contribution in [0.5, 0.6) is 0 Å². The zero-order chi connectivity index (χ0) is 42.1. The first-order chi connectivity index (χ1) is 24.5. The number of guanidine groups is 1. The van der Waals surface area contributed by atoms with Crippen molar-refractivity contribution in [2.45, 2.75) is 94.4 Å². The Hall–Kier alpha value is -5.47. The number of aliphatic carboxylic acids is 6. The Balaban J connectivity index is -0.000000284. The van der Waals surface area contributed by atoms with E-state index in [4.69, 9.17) is 82.2 Å². The number of amides is 1. The number of aromatic nitrogens is 2. The zero-order valence-corrected chi connectivity index (χ0v) is 29.2. The van der Waals surface area contributed by atoms with Crippen LogP contribution in [0, 0.1) is 0 Å². The summed E-state index contributed by atoms with van der Waals surface area (Å²) in [7, 11) is 0. The number of hydrogen-bond acceptors (Lipinski definition) is 15. The van der Waals surface area contributed by atoms with E-state index in [0.29, 0.717) is 32.4 Å². The molecular formula is C28H56N12O13. The molecule has 306 valence electrons. The number of carboxylic acid groups (broad SMARTS) is 6. The first-order valence-electron chi connectivity index (χ1n) is 15.6. The molecule has 25 nitrogen and oxygen atoms in total.